The Balaban J connectivity index is 0. The molecule has 0 saturated heterocycles. The van der Waals surface area contributed by atoms with Crippen molar-refractivity contribution in [3.8, 4) is 0 Å². The van der Waals surface area contributed by atoms with Crippen LogP contribution in [0.2, 0.25) is 0 Å². The second-order valence-corrected chi connectivity index (χ2v) is 1.47. The Hall–Kier alpha value is 0.289. The molecule has 1 aliphatic rings. The monoisotopic (exact) mass is 169 g/mol. The first-order valence-corrected chi connectivity index (χ1v) is 2.13. The van der Waals surface area contributed by atoms with E-state index in [-0.39, 0.29) is 29.5 Å². The molecule has 0 spiro atoms. The molecule has 1 radical (unpaired) electrons. The van der Waals surface area contributed by atoms with Gasteiger partial charge in [-0.15, -0.1) is 6.42 Å². The van der Waals surface area contributed by atoms with Gasteiger partial charge in [-0.2, -0.15) is 6.08 Å². The van der Waals surface area contributed by atoms with Crippen LogP contribution in [0.15, 0.2) is 17.7 Å². The molecule has 0 aromatic heterocycles. The molecular weight excluding hydrogens is 162 g/mol. The summed E-state index contributed by atoms with van der Waals surface area (Å²) in [6.45, 7) is 2.06. The summed E-state index contributed by atoms with van der Waals surface area (Å²) in [6.07, 6.45) is 8.33. The molecule has 0 saturated carbocycles. The van der Waals surface area contributed by atoms with Gasteiger partial charge < -0.3 is 12.4 Å². The molecule has 1 rings (SSSR count). The van der Waals surface area contributed by atoms with Crippen molar-refractivity contribution in [3.63, 3.8) is 0 Å². The Morgan fingerprint density at radius 1 is 1.62 bits per heavy atom. The normalized spacial score (nSPS) is 13.9. The van der Waals surface area contributed by atoms with Crippen LogP contribution in [0.3, 0.4) is 0 Å². The first-order valence-electron chi connectivity index (χ1n) is 2.13. The molecule has 2 heteroatoms. The maximum Gasteiger partial charge on any atom is 2.00 e. The van der Waals surface area contributed by atoms with Crippen LogP contribution in [-0.2, 0) is 17.1 Å². The quantitative estimate of drug-likeness (QED) is 0.312. The number of allylic oxidation sites excluding steroid dienone is 4. The standard InChI is InChI=1S/C6H7.ClH.Mn/c1-6-4-2-3-5-6;;/h2,4H,3H2,1H3;1H;/q-1;;+2/p-1. The molecule has 45 valence electrons. The summed E-state index contributed by atoms with van der Waals surface area (Å²) in [5, 5.41) is 0. The zero-order valence-corrected chi connectivity index (χ0v) is 6.55. The van der Waals surface area contributed by atoms with Crippen molar-refractivity contribution in [2.45, 2.75) is 13.3 Å². The predicted octanol–water partition coefficient (Wildman–Crippen LogP) is -1.30. The molecule has 0 aromatic carbocycles. The van der Waals surface area contributed by atoms with E-state index in [0.29, 0.717) is 0 Å². The third-order valence-corrected chi connectivity index (χ3v) is 0.867. The molecule has 0 aromatic rings. The second kappa shape index (κ2) is 5.43. The van der Waals surface area contributed by atoms with Gasteiger partial charge in [0.1, 0.15) is 0 Å². The van der Waals surface area contributed by atoms with Crippen molar-refractivity contribution < 1.29 is 29.5 Å². The minimum Gasteiger partial charge on any atom is -1.00 e. The van der Waals surface area contributed by atoms with Crippen LogP contribution in [0.4, 0.5) is 0 Å². The van der Waals surface area contributed by atoms with Gasteiger partial charge in [-0.3, -0.25) is 6.08 Å². The van der Waals surface area contributed by atoms with Gasteiger partial charge in [0, 0.05) is 0 Å². The van der Waals surface area contributed by atoms with Crippen LogP contribution in [0.25, 0.3) is 0 Å². The molecule has 8 heavy (non-hydrogen) atoms. The van der Waals surface area contributed by atoms with Crippen LogP contribution in [0.5, 0.6) is 0 Å². The third kappa shape index (κ3) is 3.31. The molecule has 0 heterocycles. The summed E-state index contributed by atoms with van der Waals surface area (Å²) in [7, 11) is 0. The molecule has 0 unspecified atom stereocenters. The fourth-order valence-electron chi connectivity index (χ4n) is 0.515. The second-order valence-electron chi connectivity index (χ2n) is 1.47. The topological polar surface area (TPSA) is 0 Å². The molecule has 0 nitrogen and oxygen atoms in total. The van der Waals surface area contributed by atoms with Crippen LogP contribution in [-0.4, -0.2) is 0 Å². The third-order valence-electron chi connectivity index (χ3n) is 0.867. The summed E-state index contributed by atoms with van der Waals surface area (Å²) in [4.78, 5) is 0. The van der Waals surface area contributed by atoms with Gasteiger partial charge in [-0.25, -0.2) is 11.6 Å². The Morgan fingerprint density at radius 2 is 2.25 bits per heavy atom. The maximum atomic E-state index is 3.12. The number of hydrogen-bond acceptors (Lipinski definition) is 0. The summed E-state index contributed by atoms with van der Waals surface area (Å²) < 4.78 is 0. The van der Waals surface area contributed by atoms with E-state index in [0.717, 1.165) is 6.42 Å². The van der Waals surface area contributed by atoms with Crippen molar-refractivity contribution in [3.05, 3.63) is 23.8 Å². The molecule has 1 aliphatic carbocycles. The Morgan fingerprint density at radius 3 is 2.38 bits per heavy atom. The first-order chi connectivity index (χ1) is 2.89. The Bertz CT molecular complexity index is 102. The van der Waals surface area contributed by atoms with Crippen molar-refractivity contribution in [2.75, 3.05) is 0 Å². The van der Waals surface area contributed by atoms with Crippen molar-refractivity contribution in [1.29, 1.82) is 0 Å². The fraction of sp³-hybridized carbons (Fsp3) is 0.333. The minimum absolute atomic E-state index is 0. The van der Waals surface area contributed by atoms with Crippen molar-refractivity contribution >= 4 is 0 Å². The van der Waals surface area contributed by atoms with E-state index >= 15 is 0 Å². The van der Waals surface area contributed by atoms with Crippen molar-refractivity contribution in [2.24, 2.45) is 0 Å². The summed E-state index contributed by atoms with van der Waals surface area (Å²) >= 11 is 0. The Kier molecular flexibility index (Phi) is 7.55. The van der Waals surface area contributed by atoms with E-state index in [1.165, 1.54) is 5.57 Å². The van der Waals surface area contributed by atoms with E-state index in [1.807, 2.05) is 0 Å². The summed E-state index contributed by atoms with van der Waals surface area (Å²) in [6, 6.07) is 0. The zero-order valence-electron chi connectivity index (χ0n) is 4.62. The molecule has 0 atom stereocenters. The van der Waals surface area contributed by atoms with E-state index in [9.17, 15) is 0 Å². The smallest absolute Gasteiger partial charge is 1.00 e. The number of halogens is 1. The molecule has 0 aliphatic heterocycles. The predicted molar refractivity (Wildman–Crippen MR) is 26.2 cm³/mol. The number of rotatable bonds is 0. The van der Waals surface area contributed by atoms with E-state index in [4.69, 9.17) is 0 Å². The molecular formula is C6H7ClMn. The average molecular weight is 170 g/mol. The van der Waals surface area contributed by atoms with Gasteiger partial charge in [0.15, 0.2) is 0 Å². The van der Waals surface area contributed by atoms with Crippen molar-refractivity contribution in [1.82, 2.24) is 0 Å². The molecule has 0 fully saturated rings. The van der Waals surface area contributed by atoms with E-state index in [1.54, 1.807) is 0 Å². The Labute approximate surface area is 66.9 Å². The average Bonchev–Trinajstić information content (AvgIpc) is 1.86. The van der Waals surface area contributed by atoms with Gasteiger partial charge in [0.2, 0.25) is 0 Å². The van der Waals surface area contributed by atoms with E-state index < -0.39 is 0 Å². The molecule has 0 N–H and O–H groups in total. The molecule has 0 bridgehead atoms. The van der Waals surface area contributed by atoms with Crippen LogP contribution in [0, 0.1) is 6.08 Å². The maximum absolute atomic E-state index is 3.12. The van der Waals surface area contributed by atoms with Crippen LogP contribution in [0.1, 0.15) is 13.3 Å². The van der Waals surface area contributed by atoms with Crippen LogP contribution >= 0.6 is 0 Å². The minimum atomic E-state index is 0. The first kappa shape index (κ1) is 11.1. The van der Waals surface area contributed by atoms with Crippen LogP contribution < -0.4 is 12.4 Å². The molecule has 0 amide bonds. The zero-order chi connectivity index (χ0) is 4.41. The SMILES string of the molecule is CC1=[C-]CC=C1.[Cl-].[Mn+2]. The van der Waals surface area contributed by atoms with Gasteiger partial charge in [-0.05, 0) is 0 Å². The van der Waals surface area contributed by atoms with Gasteiger partial charge >= 0.3 is 17.1 Å². The van der Waals surface area contributed by atoms with Gasteiger partial charge in [0.05, 0.1) is 0 Å². The largest absolute Gasteiger partial charge is 2.00 e. The van der Waals surface area contributed by atoms with Gasteiger partial charge in [-0.1, -0.05) is 6.92 Å². The summed E-state index contributed by atoms with van der Waals surface area (Å²) in [5.74, 6) is 0. The summed E-state index contributed by atoms with van der Waals surface area (Å²) in [5.41, 5.74) is 1.27. The van der Waals surface area contributed by atoms with Gasteiger partial charge in [0.25, 0.3) is 0 Å². The fourth-order valence-corrected chi connectivity index (χ4v) is 0.515. The van der Waals surface area contributed by atoms with E-state index in [2.05, 4.69) is 25.2 Å². The number of hydrogen-bond donors (Lipinski definition) is 0.